The summed E-state index contributed by atoms with van der Waals surface area (Å²) in [6, 6.07) is 0. The largest absolute Gasteiger partial charge is 0.397 e. The van der Waals surface area contributed by atoms with Crippen LogP contribution in [0.5, 0.6) is 0 Å². The highest BCUT2D eigenvalue weighted by molar-refractivity contribution is 7.80. The predicted molar refractivity (Wildman–Crippen MR) is 52.6 cm³/mol. The van der Waals surface area contributed by atoms with Crippen LogP contribution in [0.3, 0.4) is 0 Å². The highest BCUT2D eigenvalue weighted by Gasteiger charge is 2.30. The second-order valence-electron chi connectivity index (χ2n) is 2.84. The Kier molecular flexibility index (Phi) is 8.39. The zero-order valence-corrected chi connectivity index (χ0v) is 9.45. The van der Waals surface area contributed by atoms with E-state index in [1.165, 1.54) is 0 Å². The van der Waals surface area contributed by atoms with Gasteiger partial charge in [0.15, 0.2) is 5.78 Å². The molecule has 0 radical (unpaired) electrons. The summed E-state index contributed by atoms with van der Waals surface area (Å²) in [5.74, 6) is -1.28. The monoisotopic (exact) mass is 277 g/mol. The van der Waals surface area contributed by atoms with Gasteiger partial charge < -0.3 is 26.6 Å². The number of carbonyl (C=O) groups excluding carboxylic acids is 1. The maximum atomic E-state index is 10.9. The van der Waals surface area contributed by atoms with Crippen molar-refractivity contribution in [2.75, 3.05) is 13.2 Å². The third kappa shape index (κ3) is 7.30. The van der Waals surface area contributed by atoms with Crippen LogP contribution in [-0.4, -0.2) is 70.7 Å². The van der Waals surface area contributed by atoms with Gasteiger partial charge in [-0.2, -0.15) is 8.42 Å². The van der Waals surface area contributed by atoms with E-state index in [4.69, 9.17) is 25.0 Å². The molecule has 0 saturated carbocycles. The Hall–Kier alpha value is -0.660. The first-order valence-electron chi connectivity index (χ1n) is 3.98. The van der Waals surface area contributed by atoms with Gasteiger partial charge in [-0.15, -0.1) is 0 Å². The molecule has 0 amide bonds. The van der Waals surface area contributed by atoms with Crippen molar-refractivity contribution in [1.82, 2.24) is 6.15 Å². The third-order valence-electron chi connectivity index (χ3n) is 1.58. The second kappa shape index (κ2) is 7.62. The molecular weight excluding hydrogens is 262 g/mol. The molecule has 0 aliphatic heterocycles. The lowest BCUT2D eigenvalue weighted by atomic mass is 10.1. The molecule has 0 bridgehead atoms. The second-order valence-corrected chi connectivity index (χ2v) is 3.93. The van der Waals surface area contributed by atoms with Crippen LogP contribution in [0.15, 0.2) is 0 Å². The van der Waals surface area contributed by atoms with Crippen molar-refractivity contribution in [2.24, 2.45) is 0 Å². The fourth-order valence-corrected chi connectivity index (χ4v) is 0.992. The standard InChI is InChI=1S/C6H12O9S.H3N/c7-1-3(8)5(10)6(11)4(9)2-15-16(12,13)14;/h3,5-8,10-11H,1-2H2,(H,12,13,14);1H3/t3-,5+,6+;/m1./s1. The minimum absolute atomic E-state index is 0. The van der Waals surface area contributed by atoms with E-state index < -0.39 is 47.7 Å². The smallest absolute Gasteiger partial charge is 0.394 e. The summed E-state index contributed by atoms with van der Waals surface area (Å²) in [5, 5.41) is 35.3. The normalized spacial score (nSPS) is 16.8. The van der Waals surface area contributed by atoms with Crippen LogP contribution in [-0.2, 0) is 19.4 Å². The number of carbonyl (C=O) groups is 1. The summed E-state index contributed by atoms with van der Waals surface area (Å²) < 4.78 is 31.9. The molecule has 0 fully saturated rings. The van der Waals surface area contributed by atoms with Gasteiger partial charge in [0.05, 0.1) is 6.61 Å². The van der Waals surface area contributed by atoms with E-state index >= 15 is 0 Å². The van der Waals surface area contributed by atoms with Crippen molar-refractivity contribution in [1.29, 1.82) is 0 Å². The van der Waals surface area contributed by atoms with Crippen molar-refractivity contribution in [3.05, 3.63) is 0 Å². The van der Waals surface area contributed by atoms with Crippen molar-refractivity contribution in [3.63, 3.8) is 0 Å². The summed E-state index contributed by atoms with van der Waals surface area (Å²) >= 11 is 0. The summed E-state index contributed by atoms with van der Waals surface area (Å²) in [4.78, 5) is 10.9. The van der Waals surface area contributed by atoms with Crippen molar-refractivity contribution < 1.29 is 42.4 Å². The maximum Gasteiger partial charge on any atom is 0.397 e. The van der Waals surface area contributed by atoms with Crippen LogP contribution >= 0.6 is 0 Å². The molecule has 0 aromatic carbocycles. The fraction of sp³-hybridized carbons (Fsp3) is 0.833. The molecule has 0 aromatic heterocycles. The van der Waals surface area contributed by atoms with E-state index in [1.807, 2.05) is 0 Å². The Morgan fingerprint density at radius 3 is 2.06 bits per heavy atom. The SMILES string of the molecule is N.O=C(COS(=O)(=O)O)[C@H](O)[C@@H](O)[C@H](O)CO. The van der Waals surface area contributed by atoms with Gasteiger partial charge in [-0.05, 0) is 0 Å². The lowest BCUT2D eigenvalue weighted by Gasteiger charge is -2.19. The minimum atomic E-state index is -4.83. The van der Waals surface area contributed by atoms with E-state index in [0.29, 0.717) is 0 Å². The van der Waals surface area contributed by atoms with Gasteiger partial charge >= 0.3 is 10.4 Å². The zero-order valence-electron chi connectivity index (χ0n) is 8.63. The van der Waals surface area contributed by atoms with Gasteiger partial charge in [-0.1, -0.05) is 0 Å². The van der Waals surface area contributed by atoms with Gasteiger partial charge in [0.2, 0.25) is 0 Å². The lowest BCUT2D eigenvalue weighted by Crippen LogP contribution is -2.45. The number of aliphatic hydroxyl groups is 4. The Bertz CT molecular complexity index is 328. The number of aliphatic hydroxyl groups excluding tert-OH is 4. The Balaban J connectivity index is 0. The molecule has 0 rings (SSSR count). The van der Waals surface area contributed by atoms with Crippen LogP contribution in [0.1, 0.15) is 0 Å². The topological polar surface area (TPSA) is 197 Å². The number of hydrogen-bond donors (Lipinski definition) is 6. The number of hydrogen-bond acceptors (Lipinski definition) is 9. The Morgan fingerprint density at radius 1 is 1.24 bits per heavy atom. The van der Waals surface area contributed by atoms with Gasteiger partial charge in [-0.25, -0.2) is 4.18 Å². The molecule has 0 saturated heterocycles. The summed E-state index contributed by atoms with van der Waals surface area (Å²) in [6.45, 7) is -2.10. The molecule has 0 aliphatic rings. The lowest BCUT2D eigenvalue weighted by molar-refractivity contribution is -0.142. The number of Topliss-reactive ketones (excluding diaryl/α,β-unsaturated/α-hetero) is 1. The molecular formula is C6H15NO9S. The quantitative estimate of drug-likeness (QED) is 0.255. The molecule has 0 spiro atoms. The molecule has 11 heteroatoms. The van der Waals surface area contributed by atoms with E-state index in [0.717, 1.165) is 0 Å². The van der Waals surface area contributed by atoms with Gasteiger partial charge in [-0.3, -0.25) is 9.35 Å². The minimum Gasteiger partial charge on any atom is -0.394 e. The molecule has 0 heterocycles. The molecule has 10 nitrogen and oxygen atoms in total. The third-order valence-corrected chi connectivity index (χ3v) is 2.00. The number of ketones is 1. The van der Waals surface area contributed by atoms with E-state index in [-0.39, 0.29) is 6.15 Å². The first-order chi connectivity index (χ1) is 7.19. The van der Waals surface area contributed by atoms with Crippen molar-refractivity contribution in [3.8, 4) is 0 Å². The molecule has 17 heavy (non-hydrogen) atoms. The van der Waals surface area contributed by atoms with Crippen LogP contribution < -0.4 is 6.15 Å². The highest BCUT2D eigenvalue weighted by Crippen LogP contribution is 2.02. The van der Waals surface area contributed by atoms with Crippen LogP contribution in [0.4, 0.5) is 0 Å². The Labute approximate surface area is 97.0 Å². The maximum absolute atomic E-state index is 10.9. The van der Waals surface area contributed by atoms with Gasteiger partial charge in [0.1, 0.15) is 24.9 Å². The first kappa shape index (κ1) is 18.7. The first-order valence-corrected chi connectivity index (χ1v) is 5.35. The summed E-state index contributed by atoms with van der Waals surface area (Å²) in [6.07, 6.45) is -5.88. The Morgan fingerprint density at radius 2 is 1.71 bits per heavy atom. The van der Waals surface area contributed by atoms with Crippen LogP contribution in [0.25, 0.3) is 0 Å². The van der Waals surface area contributed by atoms with Gasteiger partial charge in [0, 0.05) is 0 Å². The van der Waals surface area contributed by atoms with Crippen molar-refractivity contribution in [2.45, 2.75) is 18.3 Å². The van der Waals surface area contributed by atoms with E-state index in [2.05, 4.69) is 4.18 Å². The van der Waals surface area contributed by atoms with Gasteiger partial charge in [0.25, 0.3) is 0 Å². The van der Waals surface area contributed by atoms with Crippen LogP contribution in [0.2, 0.25) is 0 Å². The van der Waals surface area contributed by atoms with Crippen LogP contribution in [0, 0.1) is 0 Å². The van der Waals surface area contributed by atoms with E-state index in [1.54, 1.807) is 0 Å². The molecule has 0 aliphatic carbocycles. The summed E-state index contributed by atoms with van der Waals surface area (Å²) in [5.41, 5.74) is 0. The molecule has 0 aromatic rings. The van der Waals surface area contributed by atoms with E-state index in [9.17, 15) is 13.2 Å². The number of rotatable bonds is 7. The fourth-order valence-electron chi connectivity index (χ4n) is 0.727. The molecule has 104 valence electrons. The predicted octanol–water partition coefficient (Wildman–Crippen LogP) is -3.39. The van der Waals surface area contributed by atoms with Crippen molar-refractivity contribution >= 4 is 16.2 Å². The molecule has 0 unspecified atom stereocenters. The molecule has 3 atom stereocenters. The highest BCUT2D eigenvalue weighted by atomic mass is 32.3. The summed E-state index contributed by atoms with van der Waals surface area (Å²) in [7, 11) is -4.83. The average molecular weight is 277 g/mol. The zero-order chi connectivity index (χ0) is 12.9. The molecule has 8 N–H and O–H groups in total. The average Bonchev–Trinajstić information content (AvgIpc) is 2.21.